The Labute approximate surface area is 135 Å². The summed E-state index contributed by atoms with van der Waals surface area (Å²) in [6, 6.07) is 4.55. The maximum Gasteiger partial charge on any atom is 0.253 e. The van der Waals surface area contributed by atoms with Gasteiger partial charge in [0.1, 0.15) is 5.82 Å². The molecule has 2 N–H and O–H groups in total. The highest BCUT2D eigenvalue weighted by molar-refractivity contribution is 5.86. The lowest BCUT2D eigenvalue weighted by Crippen LogP contribution is -2.58. The van der Waals surface area contributed by atoms with Gasteiger partial charge >= 0.3 is 0 Å². The summed E-state index contributed by atoms with van der Waals surface area (Å²) in [7, 11) is 0. The molecule has 6 heteroatoms. The molecule has 2 amide bonds. The molecule has 1 atom stereocenters. The summed E-state index contributed by atoms with van der Waals surface area (Å²) in [5, 5.41) is 13.2. The zero-order chi connectivity index (χ0) is 17.0. The molecule has 1 saturated heterocycles. The van der Waals surface area contributed by atoms with Gasteiger partial charge in [0.15, 0.2) is 5.60 Å². The maximum atomic E-state index is 13.1. The Balaban J connectivity index is 1.90. The first-order chi connectivity index (χ1) is 10.8. The van der Waals surface area contributed by atoms with Crippen molar-refractivity contribution in [1.82, 2.24) is 10.2 Å². The first-order valence-corrected chi connectivity index (χ1v) is 7.83. The molecule has 23 heavy (non-hydrogen) atoms. The fourth-order valence-corrected chi connectivity index (χ4v) is 2.91. The standard InChI is InChI=1S/C17H23FN2O3/c1-12-10-15(18)5-4-14(12)6-8-19-16(22)17(23)7-3-9-20(11-17)13(2)21/h4-5,10,23H,3,6-9,11H2,1-2H3,(H,19,22). The van der Waals surface area contributed by atoms with Crippen LogP contribution in [-0.4, -0.2) is 47.1 Å². The number of aryl methyl sites for hydroxylation is 1. The van der Waals surface area contributed by atoms with Crippen LogP contribution >= 0.6 is 0 Å². The predicted octanol–water partition coefficient (Wildman–Crippen LogP) is 1.17. The normalized spacial score (nSPS) is 21.1. The van der Waals surface area contributed by atoms with Crippen molar-refractivity contribution in [3.8, 4) is 0 Å². The Kier molecular flexibility index (Phi) is 5.36. The number of carbonyl (C=O) groups excluding carboxylic acids is 2. The summed E-state index contributed by atoms with van der Waals surface area (Å²) in [6.45, 7) is 4.21. The van der Waals surface area contributed by atoms with Crippen molar-refractivity contribution in [1.29, 1.82) is 0 Å². The molecule has 0 spiro atoms. The van der Waals surface area contributed by atoms with E-state index in [9.17, 15) is 19.1 Å². The maximum absolute atomic E-state index is 13.1. The number of rotatable bonds is 4. The van der Waals surface area contributed by atoms with Crippen LogP contribution in [0.25, 0.3) is 0 Å². The minimum atomic E-state index is -1.53. The zero-order valence-corrected chi connectivity index (χ0v) is 13.6. The molecule has 1 unspecified atom stereocenters. The Hall–Kier alpha value is -1.95. The van der Waals surface area contributed by atoms with Crippen molar-refractivity contribution < 1.29 is 19.1 Å². The number of β-amino-alcohol motifs (C(OH)–C–C–N with tert-alkyl or cyclic N) is 1. The van der Waals surface area contributed by atoms with Gasteiger partial charge in [0.25, 0.3) is 5.91 Å². The molecule has 0 saturated carbocycles. The number of hydrogen-bond donors (Lipinski definition) is 2. The molecular formula is C17H23FN2O3. The number of likely N-dealkylation sites (tertiary alicyclic amines) is 1. The number of aliphatic hydroxyl groups is 1. The molecule has 0 aliphatic carbocycles. The lowest BCUT2D eigenvalue weighted by Gasteiger charge is -2.37. The predicted molar refractivity (Wildman–Crippen MR) is 84.3 cm³/mol. The Morgan fingerprint density at radius 1 is 1.43 bits per heavy atom. The first kappa shape index (κ1) is 17.4. The van der Waals surface area contributed by atoms with E-state index in [-0.39, 0.29) is 18.3 Å². The number of halogens is 1. The van der Waals surface area contributed by atoms with Crippen molar-refractivity contribution in [2.24, 2.45) is 0 Å². The van der Waals surface area contributed by atoms with Crippen LogP contribution in [0.1, 0.15) is 30.9 Å². The Morgan fingerprint density at radius 3 is 2.83 bits per heavy atom. The zero-order valence-electron chi connectivity index (χ0n) is 13.6. The smallest absolute Gasteiger partial charge is 0.253 e. The van der Waals surface area contributed by atoms with E-state index >= 15 is 0 Å². The molecule has 126 valence electrons. The summed E-state index contributed by atoms with van der Waals surface area (Å²) in [6.07, 6.45) is 1.50. The van der Waals surface area contributed by atoms with E-state index in [4.69, 9.17) is 0 Å². The van der Waals surface area contributed by atoms with Gasteiger partial charge in [-0.1, -0.05) is 6.07 Å². The van der Waals surface area contributed by atoms with Crippen LogP contribution in [0, 0.1) is 12.7 Å². The SMILES string of the molecule is CC(=O)N1CCCC(O)(C(=O)NCCc2ccc(F)cc2C)C1. The van der Waals surface area contributed by atoms with Crippen LogP contribution in [0.15, 0.2) is 18.2 Å². The third kappa shape index (κ3) is 4.28. The van der Waals surface area contributed by atoms with Crippen LogP contribution in [0.2, 0.25) is 0 Å². The molecule has 5 nitrogen and oxygen atoms in total. The van der Waals surface area contributed by atoms with Gasteiger partial charge in [0.2, 0.25) is 5.91 Å². The second kappa shape index (κ2) is 7.08. The number of hydrogen-bond acceptors (Lipinski definition) is 3. The Morgan fingerprint density at radius 2 is 2.17 bits per heavy atom. The molecule has 2 rings (SSSR count). The molecular weight excluding hydrogens is 299 g/mol. The van der Waals surface area contributed by atoms with Gasteiger partial charge in [0, 0.05) is 20.0 Å². The molecule has 1 heterocycles. The van der Waals surface area contributed by atoms with Crippen molar-refractivity contribution in [3.05, 3.63) is 35.1 Å². The van der Waals surface area contributed by atoms with Gasteiger partial charge in [0.05, 0.1) is 6.54 Å². The van der Waals surface area contributed by atoms with Crippen molar-refractivity contribution in [2.45, 2.75) is 38.7 Å². The van der Waals surface area contributed by atoms with Gasteiger partial charge in [-0.25, -0.2) is 4.39 Å². The second-order valence-electron chi connectivity index (χ2n) is 6.15. The monoisotopic (exact) mass is 322 g/mol. The molecule has 1 aliphatic heterocycles. The van der Waals surface area contributed by atoms with E-state index in [0.717, 1.165) is 11.1 Å². The highest BCUT2D eigenvalue weighted by atomic mass is 19.1. The average Bonchev–Trinajstić information content (AvgIpc) is 2.49. The second-order valence-corrected chi connectivity index (χ2v) is 6.15. The topological polar surface area (TPSA) is 69.6 Å². The van der Waals surface area contributed by atoms with Crippen molar-refractivity contribution >= 4 is 11.8 Å². The van der Waals surface area contributed by atoms with E-state index in [1.165, 1.54) is 24.0 Å². The molecule has 1 aromatic carbocycles. The lowest BCUT2D eigenvalue weighted by molar-refractivity contribution is -0.150. The first-order valence-electron chi connectivity index (χ1n) is 7.83. The fraction of sp³-hybridized carbons (Fsp3) is 0.529. The lowest BCUT2D eigenvalue weighted by atomic mass is 9.91. The van der Waals surface area contributed by atoms with E-state index < -0.39 is 11.5 Å². The van der Waals surface area contributed by atoms with Gasteiger partial charge in [-0.2, -0.15) is 0 Å². The third-order valence-electron chi connectivity index (χ3n) is 4.32. The fourth-order valence-electron chi connectivity index (χ4n) is 2.91. The average molecular weight is 322 g/mol. The summed E-state index contributed by atoms with van der Waals surface area (Å²) in [5.41, 5.74) is 0.257. The van der Waals surface area contributed by atoms with Crippen LogP contribution in [0.3, 0.4) is 0 Å². The van der Waals surface area contributed by atoms with Crippen LogP contribution in [-0.2, 0) is 16.0 Å². The summed E-state index contributed by atoms with van der Waals surface area (Å²) >= 11 is 0. The summed E-state index contributed by atoms with van der Waals surface area (Å²) < 4.78 is 13.1. The van der Waals surface area contributed by atoms with E-state index in [1.807, 2.05) is 6.92 Å². The number of piperidine rings is 1. The molecule has 1 aromatic rings. The molecule has 0 radical (unpaired) electrons. The number of nitrogens with zero attached hydrogens (tertiary/aromatic N) is 1. The number of nitrogens with one attached hydrogen (secondary N) is 1. The van der Waals surface area contributed by atoms with E-state index in [2.05, 4.69) is 5.32 Å². The van der Waals surface area contributed by atoms with Crippen LogP contribution in [0.4, 0.5) is 4.39 Å². The van der Waals surface area contributed by atoms with Gasteiger partial charge in [-0.05, 0) is 49.4 Å². The summed E-state index contributed by atoms with van der Waals surface area (Å²) in [4.78, 5) is 25.2. The largest absolute Gasteiger partial charge is 0.378 e. The van der Waals surface area contributed by atoms with Gasteiger partial charge in [-0.15, -0.1) is 0 Å². The van der Waals surface area contributed by atoms with E-state index in [1.54, 1.807) is 6.07 Å². The summed E-state index contributed by atoms with van der Waals surface area (Å²) in [5.74, 6) is -0.878. The van der Waals surface area contributed by atoms with Crippen LogP contribution in [0.5, 0.6) is 0 Å². The highest BCUT2D eigenvalue weighted by Gasteiger charge is 2.40. The highest BCUT2D eigenvalue weighted by Crippen LogP contribution is 2.21. The molecule has 1 fully saturated rings. The number of benzene rings is 1. The van der Waals surface area contributed by atoms with Crippen molar-refractivity contribution in [2.75, 3.05) is 19.6 Å². The molecule has 0 aromatic heterocycles. The van der Waals surface area contributed by atoms with Gasteiger partial charge in [-0.3, -0.25) is 9.59 Å². The van der Waals surface area contributed by atoms with E-state index in [0.29, 0.717) is 32.4 Å². The van der Waals surface area contributed by atoms with Gasteiger partial charge < -0.3 is 15.3 Å². The minimum Gasteiger partial charge on any atom is -0.378 e. The number of carbonyl (C=O) groups is 2. The van der Waals surface area contributed by atoms with Crippen molar-refractivity contribution in [3.63, 3.8) is 0 Å². The quantitative estimate of drug-likeness (QED) is 0.874. The molecule has 0 bridgehead atoms. The molecule has 1 aliphatic rings. The van der Waals surface area contributed by atoms with Crippen LogP contribution < -0.4 is 5.32 Å². The third-order valence-corrected chi connectivity index (χ3v) is 4.32. The minimum absolute atomic E-state index is 0.0315. The number of amides is 2. The Bertz CT molecular complexity index is 606.